The van der Waals surface area contributed by atoms with Gasteiger partial charge in [-0.2, -0.15) is 13.2 Å². The Kier molecular flexibility index (Phi) is 4.10. The number of hydrogen-bond donors (Lipinski definition) is 2. The van der Waals surface area contributed by atoms with Crippen LogP contribution in [0, 0.1) is 0 Å². The highest BCUT2D eigenvalue weighted by molar-refractivity contribution is 6.34. The van der Waals surface area contributed by atoms with Crippen LogP contribution in [0.2, 0.25) is 5.02 Å². The SMILES string of the molecule is N[C@H]1CN(c2cc(C(F)(F)F)ccn2)c2cccc(Cl)c2NC1=O. The summed E-state index contributed by atoms with van der Waals surface area (Å²) in [5.41, 5.74) is 5.69. The number of pyridine rings is 1. The van der Waals surface area contributed by atoms with Crippen molar-refractivity contribution in [3.63, 3.8) is 0 Å². The van der Waals surface area contributed by atoms with Gasteiger partial charge in [0.25, 0.3) is 0 Å². The van der Waals surface area contributed by atoms with Crippen LogP contribution in [-0.4, -0.2) is 23.5 Å². The quantitative estimate of drug-likeness (QED) is 0.823. The number of aromatic nitrogens is 1. The van der Waals surface area contributed by atoms with E-state index < -0.39 is 23.7 Å². The summed E-state index contributed by atoms with van der Waals surface area (Å²) in [4.78, 5) is 17.4. The van der Waals surface area contributed by atoms with Crippen molar-refractivity contribution in [3.8, 4) is 0 Å². The minimum Gasteiger partial charge on any atom is -0.322 e. The molecule has 3 rings (SSSR count). The summed E-state index contributed by atoms with van der Waals surface area (Å²) in [6.07, 6.45) is -3.44. The third-order valence-corrected chi connectivity index (χ3v) is 3.91. The van der Waals surface area contributed by atoms with Gasteiger partial charge in [-0.15, -0.1) is 0 Å². The Morgan fingerprint density at radius 3 is 2.79 bits per heavy atom. The van der Waals surface area contributed by atoms with E-state index in [9.17, 15) is 18.0 Å². The third-order valence-electron chi connectivity index (χ3n) is 3.60. The van der Waals surface area contributed by atoms with Gasteiger partial charge in [-0.05, 0) is 24.3 Å². The van der Waals surface area contributed by atoms with Crippen LogP contribution in [-0.2, 0) is 11.0 Å². The summed E-state index contributed by atoms with van der Waals surface area (Å²) in [6.45, 7) is -0.0342. The minimum absolute atomic E-state index is 0.0280. The van der Waals surface area contributed by atoms with E-state index in [4.69, 9.17) is 17.3 Å². The van der Waals surface area contributed by atoms with Gasteiger partial charge in [0.05, 0.1) is 22.0 Å². The highest BCUT2D eigenvalue weighted by atomic mass is 35.5. The largest absolute Gasteiger partial charge is 0.416 e. The van der Waals surface area contributed by atoms with Gasteiger partial charge in [0.2, 0.25) is 5.91 Å². The lowest BCUT2D eigenvalue weighted by atomic mass is 10.2. The number of carbonyl (C=O) groups is 1. The molecule has 5 nitrogen and oxygen atoms in total. The van der Waals surface area contributed by atoms with Crippen LogP contribution >= 0.6 is 11.6 Å². The molecule has 1 aromatic heterocycles. The summed E-state index contributed by atoms with van der Waals surface area (Å²) < 4.78 is 38.9. The van der Waals surface area contributed by atoms with E-state index in [2.05, 4.69) is 10.3 Å². The molecule has 0 unspecified atom stereocenters. The van der Waals surface area contributed by atoms with Crippen LogP contribution in [0.5, 0.6) is 0 Å². The number of fused-ring (bicyclic) bond motifs is 1. The van der Waals surface area contributed by atoms with E-state index in [0.717, 1.165) is 18.3 Å². The molecule has 0 bridgehead atoms. The van der Waals surface area contributed by atoms with Gasteiger partial charge in [-0.3, -0.25) is 4.79 Å². The molecule has 1 amide bonds. The number of nitrogens with zero attached hydrogens (tertiary/aromatic N) is 2. The molecule has 2 heterocycles. The van der Waals surface area contributed by atoms with Crippen molar-refractivity contribution in [1.29, 1.82) is 0 Å². The number of alkyl halides is 3. The second kappa shape index (κ2) is 5.95. The molecule has 1 aromatic carbocycles. The average Bonchev–Trinajstić information content (AvgIpc) is 2.65. The maximum Gasteiger partial charge on any atom is 0.416 e. The van der Waals surface area contributed by atoms with Gasteiger partial charge in [0.1, 0.15) is 11.9 Å². The van der Waals surface area contributed by atoms with Gasteiger partial charge in [-0.25, -0.2) is 4.98 Å². The molecule has 24 heavy (non-hydrogen) atoms. The topological polar surface area (TPSA) is 71.2 Å². The predicted octanol–water partition coefficient (Wildman–Crippen LogP) is 3.17. The second-order valence-corrected chi connectivity index (χ2v) is 5.65. The van der Waals surface area contributed by atoms with Crippen LogP contribution in [0.25, 0.3) is 0 Å². The molecular weight excluding hydrogens is 345 g/mol. The number of benzene rings is 1. The number of hydrogen-bond acceptors (Lipinski definition) is 4. The molecule has 3 N–H and O–H groups in total. The van der Waals surface area contributed by atoms with Gasteiger partial charge in [0, 0.05) is 12.7 Å². The zero-order chi connectivity index (χ0) is 17.5. The highest BCUT2D eigenvalue weighted by Crippen LogP contribution is 2.39. The molecule has 1 aliphatic rings. The van der Waals surface area contributed by atoms with E-state index in [1.165, 1.54) is 4.90 Å². The molecule has 0 aliphatic carbocycles. The number of carbonyl (C=O) groups excluding carboxylic acids is 1. The van der Waals surface area contributed by atoms with E-state index in [0.29, 0.717) is 5.69 Å². The maximum absolute atomic E-state index is 13.0. The molecule has 0 saturated heterocycles. The summed E-state index contributed by atoms with van der Waals surface area (Å²) in [5.74, 6) is -0.445. The van der Waals surface area contributed by atoms with Crippen LogP contribution < -0.4 is 16.0 Å². The van der Waals surface area contributed by atoms with Gasteiger partial charge < -0.3 is 16.0 Å². The van der Waals surface area contributed by atoms with E-state index >= 15 is 0 Å². The molecule has 9 heteroatoms. The fraction of sp³-hybridized carbons (Fsp3) is 0.200. The number of nitrogens with two attached hydrogens (primary N) is 1. The van der Waals surface area contributed by atoms with Crippen LogP contribution in [0.4, 0.5) is 30.4 Å². The summed E-state index contributed by atoms with van der Waals surface area (Å²) in [5, 5.41) is 2.85. The molecule has 2 aromatic rings. The van der Waals surface area contributed by atoms with Crippen molar-refractivity contribution >= 4 is 34.7 Å². The maximum atomic E-state index is 13.0. The lowest BCUT2D eigenvalue weighted by molar-refractivity contribution is -0.137. The Morgan fingerprint density at radius 2 is 2.08 bits per heavy atom. The van der Waals surface area contributed by atoms with Gasteiger partial charge in [0.15, 0.2) is 0 Å². The zero-order valence-corrected chi connectivity index (χ0v) is 12.9. The fourth-order valence-corrected chi connectivity index (χ4v) is 2.63. The Hall–Kier alpha value is -2.32. The van der Waals surface area contributed by atoms with Crippen molar-refractivity contribution in [2.24, 2.45) is 5.73 Å². The first kappa shape index (κ1) is 16.5. The lowest BCUT2D eigenvalue weighted by Gasteiger charge is -2.25. The highest BCUT2D eigenvalue weighted by Gasteiger charge is 2.33. The second-order valence-electron chi connectivity index (χ2n) is 5.24. The van der Waals surface area contributed by atoms with Gasteiger partial charge >= 0.3 is 6.18 Å². The molecule has 0 saturated carbocycles. The number of para-hydroxylation sites is 1. The predicted molar refractivity (Wildman–Crippen MR) is 84.3 cm³/mol. The van der Waals surface area contributed by atoms with Crippen molar-refractivity contribution < 1.29 is 18.0 Å². The van der Waals surface area contributed by atoms with E-state index in [1.54, 1.807) is 18.2 Å². The van der Waals surface area contributed by atoms with Crippen LogP contribution in [0.3, 0.4) is 0 Å². The summed E-state index contributed by atoms with van der Waals surface area (Å²) in [7, 11) is 0. The lowest BCUT2D eigenvalue weighted by Crippen LogP contribution is -2.41. The molecule has 0 fully saturated rings. The van der Waals surface area contributed by atoms with Crippen molar-refractivity contribution in [3.05, 3.63) is 47.1 Å². The number of nitrogens with one attached hydrogen (secondary N) is 1. The standard InChI is InChI=1S/C15H12ClF3N4O/c16-9-2-1-3-11-13(9)22-14(24)10(20)7-23(11)12-6-8(4-5-21-12)15(17,18)19/h1-6,10H,7,20H2,(H,22,24)/t10-/m0/s1. The van der Waals surface area contributed by atoms with Gasteiger partial charge in [-0.1, -0.05) is 17.7 Å². The first-order chi connectivity index (χ1) is 11.3. The Balaban J connectivity index is 2.14. The number of rotatable bonds is 1. The molecule has 1 aliphatic heterocycles. The Morgan fingerprint density at radius 1 is 1.33 bits per heavy atom. The minimum atomic E-state index is -4.50. The fourth-order valence-electron chi connectivity index (χ4n) is 2.41. The van der Waals surface area contributed by atoms with Crippen LogP contribution in [0.15, 0.2) is 36.5 Å². The van der Waals surface area contributed by atoms with Crippen molar-refractivity contribution in [2.75, 3.05) is 16.8 Å². The summed E-state index contributed by atoms with van der Waals surface area (Å²) in [6, 6.07) is 5.66. The number of halogens is 4. The first-order valence-corrected chi connectivity index (χ1v) is 7.31. The normalized spacial score (nSPS) is 18.0. The molecule has 1 atom stereocenters. The van der Waals surface area contributed by atoms with Crippen molar-refractivity contribution in [1.82, 2.24) is 4.98 Å². The average molecular weight is 357 g/mol. The Labute approximate surface area is 140 Å². The monoisotopic (exact) mass is 356 g/mol. The van der Waals surface area contributed by atoms with E-state index in [-0.39, 0.29) is 23.1 Å². The molecule has 0 radical (unpaired) electrons. The smallest absolute Gasteiger partial charge is 0.322 e. The molecular formula is C15H12ClF3N4O. The molecule has 126 valence electrons. The number of anilines is 3. The first-order valence-electron chi connectivity index (χ1n) is 6.93. The van der Waals surface area contributed by atoms with Crippen molar-refractivity contribution in [2.45, 2.75) is 12.2 Å². The number of amides is 1. The molecule has 0 spiro atoms. The van der Waals surface area contributed by atoms with Crippen LogP contribution in [0.1, 0.15) is 5.56 Å². The summed E-state index contributed by atoms with van der Waals surface area (Å²) >= 11 is 6.10. The zero-order valence-electron chi connectivity index (χ0n) is 12.1. The van der Waals surface area contributed by atoms with E-state index in [1.807, 2.05) is 0 Å². The Bertz CT molecular complexity index is 797. The third kappa shape index (κ3) is 3.02.